The standard InChI is InChI=1S/C26H28N6O4S/c1-29-23-21(22(28)24(33)30-16-19-9-7-18(15-27)8-10-19)11-14-32(25(23)34)17-26(12-13-26)37(35,36)31-20-5-3-2-4-6-20/h2-10,31H,11-14,16-17,28H2,1H3,(H,30,33). The number of piperidine rings is 1. The summed E-state index contributed by atoms with van der Waals surface area (Å²) in [6.07, 6.45) is 1.16. The maximum absolute atomic E-state index is 13.3. The number of hydrogen-bond donors (Lipinski definition) is 3. The van der Waals surface area contributed by atoms with Gasteiger partial charge in [-0.25, -0.2) is 8.42 Å². The molecule has 2 fully saturated rings. The lowest BCUT2D eigenvalue weighted by molar-refractivity contribution is -0.124. The minimum absolute atomic E-state index is 0.0328. The van der Waals surface area contributed by atoms with E-state index >= 15 is 0 Å². The summed E-state index contributed by atoms with van der Waals surface area (Å²) in [4.78, 5) is 31.5. The first-order valence-corrected chi connectivity index (χ1v) is 13.3. The lowest BCUT2D eigenvalue weighted by atomic mass is 9.97. The number of aliphatic imine (C=N–C) groups is 1. The van der Waals surface area contributed by atoms with Crippen molar-refractivity contribution in [2.45, 2.75) is 30.6 Å². The Morgan fingerprint density at radius 3 is 2.43 bits per heavy atom. The fraction of sp³-hybridized carbons (Fsp3) is 0.308. The Kier molecular flexibility index (Phi) is 7.31. The molecule has 2 aliphatic rings. The first kappa shape index (κ1) is 25.9. The highest BCUT2D eigenvalue weighted by Gasteiger charge is 2.56. The molecular formula is C26H28N6O4S. The van der Waals surface area contributed by atoms with Gasteiger partial charge < -0.3 is 16.0 Å². The van der Waals surface area contributed by atoms with Crippen LogP contribution in [0.1, 0.15) is 30.4 Å². The highest BCUT2D eigenvalue weighted by Crippen LogP contribution is 2.45. The number of likely N-dealkylation sites (tertiary alicyclic amines) is 1. The molecule has 4 N–H and O–H groups in total. The Morgan fingerprint density at radius 1 is 1.16 bits per heavy atom. The van der Waals surface area contributed by atoms with E-state index in [1.807, 2.05) is 6.07 Å². The van der Waals surface area contributed by atoms with Gasteiger partial charge in [0.25, 0.3) is 11.8 Å². The highest BCUT2D eigenvalue weighted by molar-refractivity contribution is 7.94. The molecule has 0 atom stereocenters. The molecule has 0 radical (unpaired) electrons. The van der Waals surface area contributed by atoms with Gasteiger partial charge >= 0.3 is 0 Å². The van der Waals surface area contributed by atoms with Crippen LogP contribution in [0.2, 0.25) is 0 Å². The van der Waals surface area contributed by atoms with Crippen molar-refractivity contribution in [3.05, 3.63) is 77.0 Å². The SMILES string of the molecule is CN=C1C(=O)N(CC2(S(=O)(=O)Nc3ccccc3)CC2)CCC1=C(N)C(=O)NCc1ccc(C#N)cc1. The zero-order chi connectivity index (χ0) is 26.6. The molecule has 1 aliphatic heterocycles. The molecule has 0 aromatic heterocycles. The number of sulfonamides is 1. The van der Waals surface area contributed by atoms with Crippen LogP contribution in [0.3, 0.4) is 0 Å². The van der Waals surface area contributed by atoms with E-state index in [1.54, 1.807) is 54.6 Å². The molecule has 4 rings (SSSR count). The number of carbonyl (C=O) groups excluding carboxylic acids is 2. The lowest BCUT2D eigenvalue weighted by Gasteiger charge is -2.33. The van der Waals surface area contributed by atoms with Gasteiger partial charge in [0.2, 0.25) is 10.0 Å². The van der Waals surface area contributed by atoms with Crippen molar-refractivity contribution in [3.63, 3.8) is 0 Å². The second kappa shape index (κ2) is 10.4. The van der Waals surface area contributed by atoms with Crippen LogP contribution in [0, 0.1) is 11.3 Å². The van der Waals surface area contributed by atoms with Gasteiger partial charge in [0, 0.05) is 37.9 Å². The number of para-hydroxylation sites is 1. The fourth-order valence-corrected chi connectivity index (χ4v) is 5.90. The maximum atomic E-state index is 13.3. The minimum Gasteiger partial charge on any atom is -0.394 e. The average Bonchev–Trinajstić information content (AvgIpc) is 3.70. The molecular weight excluding hydrogens is 492 g/mol. The van der Waals surface area contributed by atoms with Gasteiger partial charge in [-0.05, 0) is 49.1 Å². The number of nitrogens with zero attached hydrogens (tertiary/aromatic N) is 3. The van der Waals surface area contributed by atoms with E-state index in [4.69, 9.17) is 11.0 Å². The molecule has 10 nitrogen and oxygen atoms in total. The van der Waals surface area contributed by atoms with E-state index in [0.717, 1.165) is 5.56 Å². The maximum Gasteiger partial charge on any atom is 0.272 e. The van der Waals surface area contributed by atoms with Crippen molar-refractivity contribution in [1.29, 1.82) is 5.26 Å². The normalized spacial score (nSPS) is 19.2. The molecule has 11 heteroatoms. The van der Waals surface area contributed by atoms with E-state index in [9.17, 15) is 18.0 Å². The summed E-state index contributed by atoms with van der Waals surface area (Å²) in [5.74, 6) is -0.983. The predicted molar refractivity (Wildman–Crippen MR) is 140 cm³/mol. The molecule has 1 heterocycles. The van der Waals surface area contributed by atoms with Gasteiger partial charge in [-0.1, -0.05) is 30.3 Å². The van der Waals surface area contributed by atoms with E-state index in [0.29, 0.717) is 29.7 Å². The molecule has 0 bridgehead atoms. The minimum atomic E-state index is -3.73. The molecule has 1 aliphatic carbocycles. The van der Waals surface area contributed by atoms with Gasteiger partial charge in [-0.15, -0.1) is 0 Å². The number of nitrogens with two attached hydrogens (primary N) is 1. The molecule has 192 valence electrons. The Labute approximate surface area is 215 Å². The van der Waals surface area contributed by atoms with Crippen molar-refractivity contribution >= 4 is 33.2 Å². The van der Waals surface area contributed by atoms with Crippen LogP contribution in [-0.4, -0.2) is 55.7 Å². The number of rotatable bonds is 8. The quantitative estimate of drug-likeness (QED) is 0.449. The van der Waals surface area contributed by atoms with Gasteiger partial charge in [0.1, 0.15) is 16.2 Å². The summed E-state index contributed by atoms with van der Waals surface area (Å²) in [5, 5.41) is 11.6. The van der Waals surface area contributed by atoms with Crippen molar-refractivity contribution in [3.8, 4) is 6.07 Å². The monoisotopic (exact) mass is 520 g/mol. The second-order valence-electron chi connectivity index (χ2n) is 9.09. The smallest absolute Gasteiger partial charge is 0.272 e. The summed E-state index contributed by atoms with van der Waals surface area (Å²) in [5.41, 5.74) is 8.22. The third-order valence-electron chi connectivity index (χ3n) is 6.62. The largest absolute Gasteiger partial charge is 0.394 e. The van der Waals surface area contributed by atoms with Crippen LogP contribution in [0.15, 0.2) is 70.9 Å². The molecule has 2 aromatic carbocycles. The van der Waals surface area contributed by atoms with Crippen LogP contribution < -0.4 is 15.8 Å². The van der Waals surface area contributed by atoms with Crippen molar-refractivity contribution in [2.75, 3.05) is 24.9 Å². The van der Waals surface area contributed by atoms with Crippen LogP contribution >= 0.6 is 0 Å². The van der Waals surface area contributed by atoms with Crippen LogP contribution in [0.25, 0.3) is 0 Å². The Morgan fingerprint density at radius 2 is 1.84 bits per heavy atom. The Hall–Kier alpha value is -4.17. The highest BCUT2D eigenvalue weighted by atomic mass is 32.2. The number of nitrogens with one attached hydrogen (secondary N) is 2. The zero-order valence-corrected chi connectivity index (χ0v) is 21.2. The van der Waals surface area contributed by atoms with Gasteiger partial charge in [0.15, 0.2) is 0 Å². The van der Waals surface area contributed by atoms with E-state index in [2.05, 4.69) is 15.0 Å². The molecule has 1 saturated carbocycles. The first-order valence-electron chi connectivity index (χ1n) is 11.8. The van der Waals surface area contributed by atoms with Crippen molar-refractivity contribution in [1.82, 2.24) is 10.2 Å². The van der Waals surface area contributed by atoms with Gasteiger partial charge in [0.05, 0.1) is 11.6 Å². The summed E-state index contributed by atoms with van der Waals surface area (Å²) >= 11 is 0. The molecule has 2 amide bonds. The number of carbonyl (C=O) groups is 2. The summed E-state index contributed by atoms with van der Waals surface area (Å²) in [7, 11) is -2.29. The molecule has 2 aromatic rings. The summed E-state index contributed by atoms with van der Waals surface area (Å²) < 4.78 is 27.8. The first-order chi connectivity index (χ1) is 17.7. The van der Waals surface area contributed by atoms with Crippen molar-refractivity contribution < 1.29 is 18.0 Å². The third-order valence-corrected chi connectivity index (χ3v) is 8.80. The molecule has 1 saturated heterocycles. The topological polar surface area (TPSA) is 158 Å². The van der Waals surface area contributed by atoms with Gasteiger partial charge in [-0.2, -0.15) is 5.26 Å². The van der Waals surface area contributed by atoms with E-state index in [1.165, 1.54) is 11.9 Å². The fourth-order valence-electron chi connectivity index (χ4n) is 4.27. The van der Waals surface area contributed by atoms with E-state index in [-0.39, 0.29) is 37.5 Å². The molecule has 0 spiro atoms. The number of anilines is 1. The number of hydrogen-bond acceptors (Lipinski definition) is 7. The van der Waals surface area contributed by atoms with Crippen LogP contribution in [-0.2, 0) is 26.2 Å². The Balaban J connectivity index is 1.43. The van der Waals surface area contributed by atoms with E-state index < -0.39 is 26.6 Å². The second-order valence-corrected chi connectivity index (χ2v) is 11.2. The summed E-state index contributed by atoms with van der Waals surface area (Å²) in [6.45, 7) is 0.455. The number of amides is 2. The number of benzene rings is 2. The predicted octanol–water partition coefficient (Wildman–Crippen LogP) is 1.66. The lowest BCUT2D eigenvalue weighted by Crippen LogP contribution is -2.50. The average molecular weight is 521 g/mol. The molecule has 0 unspecified atom stereocenters. The van der Waals surface area contributed by atoms with Crippen LogP contribution in [0.5, 0.6) is 0 Å². The van der Waals surface area contributed by atoms with Crippen molar-refractivity contribution in [2.24, 2.45) is 10.7 Å². The zero-order valence-electron chi connectivity index (χ0n) is 20.4. The van der Waals surface area contributed by atoms with Gasteiger partial charge in [-0.3, -0.25) is 19.3 Å². The van der Waals surface area contributed by atoms with Crippen LogP contribution in [0.4, 0.5) is 5.69 Å². The third kappa shape index (κ3) is 5.49. The Bertz CT molecular complexity index is 1410. The molecule has 37 heavy (non-hydrogen) atoms. The number of nitriles is 1. The summed E-state index contributed by atoms with van der Waals surface area (Å²) in [6, 6.07) is 17.4.